The lowest BCUT2D eigenvalue weighted by molar-refractivity contribution is 0.0985. The summed E-state index contributed by atoms with van der Waals surface area (Å²) in [5.41, 5.74) is 5.96. The van der Waals surface area contributed by atoms with Crippen LogP contribution in [0.4, 0.5) is 0 Å². The Kier molecular flexibility index (Phi) is 4.80. The van der Waals surface area contributed by atoms with Gasteiger partial charge in [-0.1, -0.05) is 11.6 Å². The van der Waals surface area contributed by atoms with Crippen LogP contribution in [-0.4, -0.2) is 43.5 Å². The molecule has 1 heterocycles. The largest absolute Gasteiger partial charge is 0.487 e. The fourth-order valence-electron chi connectivity index (χ4n) is 2.22. The fourth-order valence-corrected chi connectivity index (χ4v) is 2.44. The molecule has 1 aliphatic rings. The number of nitrogens with two attached hydrogens (primary N) is 1. The van der Waals surface area contributed by atoms with Crippen molar-refractivity contribution in [3.63, 3.8) is 0 Å². The normalized spacial score (nSPS) is 19.6. The number of benzene rings is 1. The molecule has 0 spiro atoms. The molecule has 1 aromatic carbocycles. The molecule has 2 N–H and O–H groups in total. The van der Waals surface area contributed by atoms with Crippen molar-refractivity contribution in [2.45, 2.75) is 18.9 Å². The van der Waals surface area contributed by atoms with Crippen LogP contribution in [0.25, 0.3) is 0 Å². The highest BCUT2D eigenvalue weighted by Gasteiger charge is 2.22. The topological polar surface area (TPSA) is 55.6 Å². The molecule has 4 nitrogen and oxygen atoms in total. The highest BCUT2D eigenvalue weighted by molar-refractivity contribution is 6.32. The Hall–Kier alpha value is -1.10. The van der Waals surface area contributed by atoms with Crippen molar-refractivity contribution in [1.29, 1.82) is 0 Å². The van der Waals surface area contributed by atoms with E-state index in [-0.39, 0.29) is 11.9 Å². The summed E-state index contributed by atoms with van der Waals surface area (Å²) >= 11 is 6.17. The van der Waals surface area contributed by atoms with E-state index in [1.807, 2.05) is 0 Å². The minimum Gasteiger partial charge on any atom is -0.487 e. The zero-order chi connectivity index (χ0) is 13.8. The van der Waals surface area contributed by atoms with Gasteiger partial charge in [0, 0.05) is 25.1 Å². The third-order valence-electron chi connectivity index (χ3n) is 3.27. The maximum Gasteiger partial charge on any atom is 0.164 e. The van der Waals surface area contributed by atoms with Gasteiger partial charge >= 0.3 is 0 Å². The fraction of sp³-hybridized carbons (Fsp3) is 0.500. The maximum atomic E-state index is 11.7. The molecule has 1 saturated heterocycles. The number of likely N-dealkylation sites (N-methyl/N-ethyl adjacent to an activating group) is 1. The van der Waals surface area contributed by atoms with Gasteiger partial charge < -0.3 is 15.4 Å². The highest BCUT2D eigenvalue weighted by atomic mass is 35.5. The number of likely N-dealkylation sites (tertiary alicyclic amines) is 1. The van der Waals surface area contributed by atoms with Gasteiger partial charge in [0.2, 0.25) is 0 Å². The van der Waals surface area contributed by atoms with Crippen molar-refractivity contribution in [1.82, 2.24) is 4.90 Å². The molecule has 0 aromatic heterocycles. The molecule has 1 unspecified atom stereocenters. The van der Waals surface area contributed by atoms with Crippen LogP contribution in [0.1, 0.15) is 23.2 Å². The van der Waals surface area contributed by atoms with Crippen molar-refractivity contribution in [3.8, 4) is 5.75 Å². The van der Waals surface area contributed by atoms with Gasteiger partial charge in [0.15, 0.2) is 5.78 Å². The molecule has 0 radical (unpaired) electrons. The molecule has 19 heavy (non-hydrogen) atoms. The van der Waals surface area contributed by atoms with Crippen LogP contribution < -0.4 is 10.5 Å². The van der Waals surface area contributed by atoms with Crippen molar-refractivity contribution < 1.29 is 9.53 Å². The van der Waals surface area contributed by atoms with E-state index in [0.717, 1.165) is 19.5 Å². The molecule has 5 heteroatoms. The lowest BCUT2D eigenvalue weighted by Crippen LogP contribution is -2.21. The zero-order valence-corrected chi connectivity index (χ0v) is 11.8. The number of carbonyl (C=O) groups is 1. The standard InChI is InChI=1S/C14H19ClN2O2/c1-17-7-5-11(9-17)19-14-3-2-10(8-12(14)15)13(18)4-6-16/h2-3,8,11H,4-7,9,16H2,1H3. The number of hydrogen-bond acceptors (Lipinski definition) is 4. The molecule has 0 saturated carbocycles. The van der Waals surface area contributed by atoms with Crippen LogP contribution in [-0.2, 0) is 0 Å². The van der Waals surface area contributed by atoms with Gasteiger partial charge in [-0.25, -0.2) is 0 Å². The second-order valence-corrected chi connectivity index (χ2v) is 5.31. The SMILES string of the molecule is CN1CCC(Oc2ccc(C(=O)CCN)cc2Cl)C1. The molecule has 2 rings (SSSR count). The molecular weight excluding hydrogens is 264 g/mol. The van der Waals surface area contributed by atoms with Crippen molar-refractivity contribution in [3.05, 3.63) is 28.8 Å². The van der Waals surface area contributed by atoms with Gasteiger partial charge in [-0.05, 0) is 38.2 Å². The van der Waals surface area contributed by atoms with Crippen LogP contribution in [0.2, 0.25) is 5.02 Å². The van der Waals surface area contributed by atoms with Gasteiger partial charge in [-0.15, -0.1) is 0 Å². The average molecular weight is 283 g/mol. The lowest BCUT2D eigenvalue weighted by atomic mass is 10.1. The van der Waals surface area contributed by atoms with E-state index in [1.165, 1.54) is 0 Å². The van der Waals surface area contributed by atoms with Crippen LogP contribution >= 0.6 is 11.6 Å². The predicted molar refractivity (Wildman–Crippen MR) is 76.0 cm³/mol. The van der Waals surface area contributed by atoms with E-state index in [2.05, 4.69) is 11.9 Å². The van der Waals surface area contributed by atoms with E-state index in [9.17, 15) is 4.79 Å². The Labute approximate surface area is 118 Å². The van der Waals surface area contributed by atoms with E-state index >= 15 is 0 Å². The number of halogens is 1. The quantitative estimate of drug-likeness (QED) is 0.839. The molecule has 1 fully saturated rings. The molecular formula is C14H19ClN2O2. The second-order valence-electron chi connectivity index (χ2n) is 4.90. The van der Waals surface area contributed by atoms with Gasteiger partial charge in [-0.2, -0.15) is 0 Å². The number of ketones is 1. The average Bonchev–Trinajstić information content (AvgIpc) is 2.78. The Bertz CT molecular complexity index is 465. The number of rotatable bonds is 5. The summed E-state index contributed by atoms with van der Waals surface area (Å²) in [6.07, 6.45) is 1.51. The smallest absolute Gasteiger partial charge is 0.164 e. The first-order chi connectivity index (χ1) is 9.10. The van der Waals surface area contributed by atoms with Gasteiger partial charge in [0.25, 0.3) is 0 Å². The first-order valence-electron chi connectivity index (χ1n) is 6.48. The molecule has 0 bridgehead atoms. The first-order valence-corrected chi connectivity index (χ1v) is 6.86. The molecule has 1 atom stereocenters. The molecule has 1 aliphatic heterocycles. The minimum atomic E-state index is 0.0107. The lowest BCUT2D eigenvalue weighted by Gasteiger charge is -2.15. The number of ether oxygens (including phenoxy) is 1. The summed E-state index contributed by atoms with van der Waals surface area (Å²) in [5, 5.41) is 0.484. The van der Waals surface area contributed by atoms with Crippen LogP contribution in [0.3, 0.4) is 0 Å². The Morgan fingerprint density at radius 2 is 2.37 bits per heavy atom. The number of nitrogens with zero attached hydrogens (tertiary/aromatic N) is 1. The van der Waals surface area contributed by atoms with E-state index in [0.29, 0.717) is 29.3 Å². The highest BCUT2D eigenvalue weighted by Crippen LogP contribution is 2.28. The summed E-state index contributed by atoms with van der Waals surface area (Å²) in [7, 11) is 2.07. The van der Waals surface area contributed by atoms with Crippen LogP contribution in [0.15, 0.2) is 18.2 Å². The summed E-state index contributed by atoms with van der Waals surface area (Å²) in [6, 6.07) is 5.18. The monoisotopic (exact) mass is 282 g/mol. The van der Waals surface area contributed by atoms with Crippen molar-refractivity contribution >= 4 is 17.4 Å². The second kappa shape index (κ2) is 6.37. The zero-order valence-electron chi connectivity index (χ0n) is 11.1. The van der Waals surface area contributed by atoms with Crippen molar-refractivity contribution in [2.75, 3.05) is 26.7 Å². The van der Waals surface area contributed by atoms with Crippen LogP contribution in [0.5, 0.6) is 5.75 Å². The Balaban J connectivity index is 2.04. The third-order valence-corrected chi connectivity index (χ3v) is 3.56. The predicted octanol–water partition coefficient (Wildman–Crippen LogP) is 1.95. The summed E-state index contributed by atoms with van der Waals surface area (Å²) in [5.74, 6) is 0.655. The number of carbonyl (C=O) groups excluding carboxylic acids is 1. The van der Waals surface area contributed by atoms with Gasteiger partial charge in [0.05, 0.1) is 5.02 Å². The molecule has 1 aromatic rings. The first kappa shape index (κ1) is 14.3. The van der Waals surface area contributed by atoms with Gasteiger partial charge in [0.1, 0.15) is 11.9 Å². The van der Waals surface area contributed by atoms with E-state index in [1.54, 1.807) is 18.2 Å². The summed E-state index contributed by atoms with van der Waals surface area (Å²) in [6.45, 7) is 2.29. The van der Waals surface area contributed by atoms with E-state index in [4.69, 9.17) is 22.1 Å². The molecule has 0 aliphatic carbocycles. The van der Waals surface area contributed by atoms with Crippen molar-refractivity contribution in [2.24, 2.45) is 5.73 Å². The Morgan fingerprint density at radius 3 is 2.95 bits per heavy atom. The van der Waals surface area contributed by atoms with Gasteiger partial charge in [-0.3, -0.25) is 4.79 Å². The molecule has 0 amide bonds. The third kappa shape index (κ3) is 3.69. The van der Waals surface area contributed by atoms with E-state index < -0.39 is 0 Å². The van der Waals surface area contributed by atoms with Crippen LogP contribution in [0, 0.1) is 0 Å². The Morgan fingerprint density at radius 1 is 1.58 bits per heavy atom. The summed E-state index contributed by atoms with van der Waals surface area (Å²) in [4.78, 5) is 13.9. The number of hydrogen-bond donors (Lipinski definition) is 1. The number of Topliss-reactive ketones (excluding diaryl/α,β-unsaturated/α-hetero) is 1. The maximum absolute atomic E-state index is 11.7. The summed E-state index contributed by atoms with van der Waals surface area (Å²) < 4.78 is 5.86. The molecule has 104 valence electrons. The minimum absolute atomic E-state index is 0.0107.